The summed E-state index contributed by atoms with van der Waals surface area (Å²) < 4.78 is 0. The van der Waals surface area contributed by atoms with Crippen LogP contribution in [0.4, 0.5) is 5.69 Å². The summed E-state index contributed by atoms with van der Waals surface area (Å²) in [5.74, 6) is -0.0418. The Morgan fingerprint density at radius 1 is 1.00 bits per heavy atom. The Balaban J connectivity index is 1.79. The molecule has 0 saturated heterocycles. The third-order valence-corrected chi connectivity index (χ3v) is 3.86. The zero-order chi connectivity index (χ0) is 16.9. The first-order chi connectivity index (χ1) is 10.8. The normalized spacial score (nSPS) is 11.1. The summed E-state index contributed by atoms with van der Waals surface area (Å²) in [4.78, 5) is 11.9. The molecule has 0 aliphatic heterocycles. The summed E-state index contributed by atoms with van der Waals surface area (Å²) in [7, 11) is 0. The van der Waals surface area contributed by atoms with E-state index in [4.69, 9.17) is 11.6 Å². The highest BCUT2D eigenvalue weighted by Gasteiger charge is 2.12. The molecule has 0 bridgehead atoms. The zero-order valence-electron chi connectivity index (χ0n) is 13.8. The topological polar surface area (TPSA) is 41.1 Å². The van der Waals surface area contributed by atoms with Crippen molar-refractivity contribution in [3.05, 3.63) is 64.7 Å². The second-order valence-electron chi connectivity index (χ2n) is 6.58. The van der Waals surface area contributed by atoms with E-state index >= 15 is 0 Å². The quantitative estimate of drug-likeness (QED) is 0.855. The molecule has 0 aliphatic carbocycles. The van der Waals surface area contributed by atoms with Gasteiger partial charge >= 0.3 is 0 Å². The molecule has 4 heteroatoms. The van der Waals surface area contributed by atoms with Crippen LogP contribution in [0.5, 0.6) is 0 Å². The minimum Gasteiger partial charge on any atom is -0.376 e. The van der Waals surface area contributed by atoms with Crippen LogP contribution in [0.2, 0.25) is 5.02 Å². The van der Waals surface area contributed by atoms with Crippen molar-refractivity contribution in [1.82, 2.24) is 5.32 Å². The average Bonchev–Trinajstić information content (AvgIpc) is 2.52. The van der Waals surface area contributed by atoms with Gasteiger partial charge in [-0.15, -0.1) is 0 Å². The number of halogens is 1. The molecule has 2 rings (SSSR count). The van der Waals surface area contributed by atoms with Gasteiger partial charge in [-0.3, -0.25) is 4.79 Å². The second kappa shape index (κ2) is 7.51. The lowest BCUT2D eigenvalue weighted by Crippen LogP contribution is -2.29. The predicted molar refractivity (Wildman–Crippen MR) is 96.9 cm³/mol. The van der Waals surface area contributed by atoms with Crippen LogP contribution in [-0.4, -0.2) is 12.5 Å². The molecular formula is C19H23ClN2O. The lowest BCUT2D eigenvalue weighted by atomic mass is 9.87. The van der Waals surface area contributed by atoms with Crippen LogP contribution in [0.15, 0.2) is 48.5 Å². The van der Waals surface area contributed by atoms with Crippen LogP contribution in [0.3, 0.4) is 0 Å². The van der Waals surface area contributed by atoms with E-state index in [-0.39, 0.29) is 17.9 Å². The van der Waals surface area contributed by atoms with Crippen LogP contribution in [0, 0.1) is 0 Å². The summed E-state index contributed by atoms with van der Waals surface area (Å²) >= 11 is 5.83. The Hall–Kier alpha value is -2.00. The Morgan fingerprint density at radius 2 is 1.61 bits per heavy atom. The van der Waals surface area contributed by atoms with Gasteiger partial charge in [0.1, 0.15) is 0 Å². The van der Waals surface area contributed by atoms with E-state index in [1.165, 1.54) is 5.56 Å². The summed E-state index contributed by atoms with van der Waals surface area (Å²) in [6.45, 7) is 7.29. The number of carbonyl (C=O) groups is 1. The SMILES string of the molecule is CC(C)(C)c1ccc(NCC(=O)NCc2ccc(Cl)cc2)cc1. The Morgan fingerprint density at radius 3 is 2.17 bits per heavy atom. The largest absolute Gasteiger partial charge is 0.376 e. The summed E-state index contributed by atoms with van der Waals surface area (Å²) in [6.07, 6.45) is 0. The number of nitrogens with one attached hydrogen (secondary N) is 2. The molecule has 2 N–H and O–H groups in total. The van der Waals surface area contributed by atoms with Crippen molar-refractivity contribution in [2.45, 2.75) is 32.7 Å². The molecule has 122 valence electrons. The molecule has 0 saturated carbocycles. The molecule has 0 spiro atoms. The maximum Gasteiger partial charge on any atom is 0.239 e. The van der Waals surface area contributed by atoms with Crippen LogP contribution in [0.1, 0.15) is 31.9 Å². The van der Waals surface area contributed by atoms with Gasteiger partial charge < -0.3 is 10.6 Å². The van der Waals surface area contributed by atoms with Crippen LogP contribution < -0.4 is 10.6 Å². The Bertz CT molecular complexity index is 643. The van der Waals surface area contributed by atoms with Gasteiger partial charge in [0.05, 0.1) is 6.54 Å². The highest BCUT2D eigenvalue weighted by Crippen LogP contribution is 2.23. The minimum absolute atomic E-state index is 0.0418. The first kappa shape index (κ1) is 17.4. The van der Waals surface area contributed by atoms with Crippen LogP contribution in [-0.2, 0) is 16.8 Å². The number of amides is 1. The average molecular weight is 331 g/mol. The van der Waals surface area contributed by atoms with Gasteiger partial charge in [-0.25, -0.2) is 0 Å². The van der Waals surface area contributed by atoms with E-state index in [0.29, 0.717) is 11.6 Å². The third-order valence-electron chi connectivity index (χ3n) is 3.61. The fourth-order valence-electron chi connectivity index (χ4n) is 2.14. The van der Waals surface area contributed by atoms with E-state index in [2.05, 4.69) is 43.5 Å². The standard InChI is InChI=1S/C19H23ClN2O/c1-19(2,3)15-6-10-17(11-7-15)21-13-18(23)22-12-14-4-8-16(20)9-5-14/h4-11,21H,12-13H2,1-3H3,(H,22,23). The fourth-order valence-corrected chi connectivity index (χ4v) is 2.26. The van der Waals surface area contributed by atoms with E-state index in [0.717, 1.165) is 11.3 Å². The number of hydrogen-bond donors (Lipinski definition) is 2. The van der Waals surface area contributed by atoms with Crippen molar-refractivity contribution in [2.24, 2.45) is 0 Å². The molecule has 0 radical (unpaired) electrons. The van der Waals surface area contributed by atoms with Gasteiger partial charge in [-0.2, -0.15) is 0 Å². The Kier molecular flexibility index (Phi) is 5.67. The van der Waals surface area contributed by atoms with Gasteiger partial charge in [0, 0.05) is 17.3 Å². The lowest BCUT2D eigenvalue weighted by molar-refractivity contribution is -0.119. The fraction of sp³-hybridized carbons (Fsp3) is 0.316. The number of rotatable bonds is 5. The van der Waals surface area contributed by atoms with Crippen molar-refractivity contribution < 1.29 is 4.79 Å². The maximum absolute atomic E-state index is 11.9. The smallest absolute Gasteiger partial charge is 0.239 e. The number of hydrogen-bond acceptors (Lipinski definition) is 2. The van der Waals surface area contributed by atoms with E-state index in [1.807, 2.05) is 36.4 Å². The minimum atomic E-state index is -0.0418. The summed E-state index contributed by atoms with van der Waals surface area (Å²) in [5, 5.41) is 6.71. The number of carbonyl (C=O) groups excluding carboxylic acids is 1. The zero-order valence-corrected chi connectivity index (χ0v) is 14.6. The second-order valence-corrected chi connectivity index (χ2v) is 7.02. The molecule has 0 atom stereocenters. The molecule has 2 aromatic rings. The van der Waals surface area contributed by atoms with Crippen molar-refractivity contribution in [1.29, 1.82) is 0 Å². The molecule has 0 fully saturated rings. The maximum atomic E-state index is 11.9. The number of anilines is 1. The molecule has 1 amide bonds. The van der Waals surface area contributed by atoms with E-state index in [1.54, 1.807) is 0 Å². The first-order valence-corrected chi connectivity index (χ1v) is 8.08. The summed E-state index contributed by atoms with van der Waals surface area (Å²) in [5.41, 5.74) is 3.38. The molecule has 0 aromatic heterocycles. The van der Waals surface area contributed by atoms with Crippen molar-refractivity contribution >= 4 is 23.2 Å². The first-order valence-electron chi connectivity index (χ1n) is 7.70. The van der Waals surface area contributed by atoms with Gasteiger partial charge in [-0.1, -0.05) is 56.6 Å². The highest BCUT2D eigenvalue weighted by molar-refractivity contribution is 6.30. The van der Waals surface area contributed by atoms with Crippen molar-refractivity contribution in [2.75, 3.05) is 11.9 Å². The van der Waals surface area contributed by atoms with E-state index < -0.39 is 0 Å². The Labute approximate surface area is 143 Å². The molecule has 2 aromatic carbocycles. The molecule has 23 heavy (non-hydrogen) atoms. The van der Waals surface area contributed by atoms with Crippen LogP contribution >= 0.6 is 11.6 Å². The van der Waals surface area contributed by atoms with Crippen molar-refractivity contribution in [3.8, 4) is 0 Å². The van der Waals surface area contributed by atoms with Crippen LogP contribution in [0.25, 0.3) is 0 Å². The third kappa shape index (κ3) is 5.61. The van der Waals surface area contributed by atoms with Gasteiger partial charge in [0.2, 0.25) is 5.91 Å². The van der Waals surface area contributed by atoms with Crippen molar-refractivity contribution in [3.63, 3.8) is 0 Å². The highest BCUT2D eigenvalue weighted by atomic mass is 35.5. The lowest BCUT2D eigenvalue weighted by Gasteiger charge is -2.19. The monoisotopic (exact) mass is 330 g/mol. The summed E-state index contributed by atoms with van der Waals surface area (Å²) in [6, 6.07) is 15.6. The molecule has 0 heterocycles. The van der Waals surface area contributed by atoms with Gasteiger partial charge in [-0.05, 0) is 40.8 Å². The number of benzene rings is 2. The van der Waals surface area contributed by atoms with Gasteiger partial charge in [0.15, 0.2) is 0 Å². The van der Waals surface area contributed by atoms with Gasteiger partial charge in [0.25, 0.3) is 0 Å². The van der Waals surface area contributed by atoms with E-state index in [9.17, 15) is 4.79 Å². The molecular weight excluding hydrogens is 308 g/mol. The molecule has 0 unspecified atom stereocenters. The predicted octanol–water partition coefficient (Wildman–Crippen LogP) is 4.37. The molecule has 0 aliphatic rings. The molecule has 3 nitrogen and oxygen atoms in total.